The number of fused-ring (bicyclic) bond motifs is 1. The summed E-state index contributed by atoms with van der Waals surface area (Å²) < 4.78 is 0. The number of thiophene rings is 1. The highest BCUT2D eigenvalue weighted by molar-refractivity contribution is 7.99. The Kier molecular flexibility index (Phi) is 5.53. The number of carbonyl (C=O) groups excluding carboxylic acids is 1. The molecule has 0 saturated carbocycles. The molecule has 29 heavy (non-hydrogen) atoms. The van der Waals surface area contributed by atoms with Crippen LogP contribution in [0.25, 0.3) is 21.5 Å². The Labute approximate surface area is 180 Å². The standard InChI is InChI=1S/C20H19N5OS3/c1-10-11(2)29-19-17(10)18(21)24-20(25-19)28-9-16(26)23-14-6-4-5-13(7-14)15-8-27-12(3)22-15/h4-8H,9H2,1-3H3,(H,23,26)(H2,21,24,25). The summed E-state index contributed by atoms with van der Waals surface area (Å²) in [4.78, 5) is 27.9. The second-order valence-electron chi connectivity index (χ2n) is 6.52. The molecule has 0 bridgehead atoms. The molecule has 3 aromatic heterocycles. The summed E-state index contributed by atoms with van der Waals surface area (Å²) in [6.45, 7) is 6.04. The minimum Gasteiger partial charge on any atom is -0.383 e. The molecule has 0 aliphatic rings. The molecule has 4 rings (SSSR count). The molecule has 0 aliphatic heterocycles. The minimum atomic E-state index is -0.123. The molecule has 148 valence electrons. The molecule has 0 atom stereocenters. The van der Waals surface area contributed by atoms with Gasteiger partial charge in [-0.1, -0.05) is 23.9 Å². The Bertz CT molecular complexity index is 1210. The van der Waals surface area contributed by atoms with E-state index in [2.05, 4.69) is 20.3 Å². The van der Waals surface area contributed by atoms with Gasteiger partial charge in [0.2, 0.25) is 5.91 Å². The highest BCUT2D eigenvalue weighted by Crippen LogP contribution is 2.33. The lowest BCUT2D eigenvalue weighted by atomic mass is 10.1. The molecule has 0 radical (unpaired) electrons. The second kappa shape index (κ2) is 8.10. The first-order chi connectivity index (χ1) is 13.9. The lowest BCUT2D eigenvalue weighted by molar-refractivity contribution is -0.113. The van der Waals surface area contributed by atoms with Gasteiger partial charge in [0, 0.05) is 21.5 Å². The number of nitrogens with one attached hydrogen (secondary N) is 1. The Morgan fingerprint density at radius 3 is 2.79 bits per heavy atom. The Hall–Kier alpha value is -2.49. The number of amides is 1. The topological polar surface area (TPSA) is 93.8 Å². The van der Waals surface area contributed by atoms with Gasteiger partial charge in [0.1, 0.15) is 10.6 Å². The van der Waals surface area contributed by atoms with Crippen molar-refractivity contribution >= 4 is 62.1 Å². The lowest BCUT2D eigenvalue weighted by Crippen LogP contribution is -2.14. The van der Waals surface area contributed by atoms with Crippen LogP contribution in [-0.4, -0.2) is 26.6 Å². The van der Waals surface area contributed by atoms with E-state index < -0.39 is 0 Å². The van der Waals surface area contributed by atoms with E-state index in [1.54, 1.807) is 22.7 Å². The number of anilines is 2. The number of nitrogens with two attached hydrogens (primary N) is 1. The van der Waals surface area contributed by atoms with Crippen molar-refractivity contribution in [1.82, 2.24) is 15.0 Å². The third kappa shape index (κ3) is 4.26. The van der Waals surface area contributed by atoms with E-state index in [1.807, 2.05) is 50.4 Å². The minimum absolute atomic E-state index is 0.123. The molecular formula is C20H19N5OS3. The van der Waals surface area contributed by atoms with E-state index in [0.717, 1.165) is 37.7 Å². The Morgan fingerprint density at radius 1 is 1.21 bits per heavy atom. The summed E-state index contributed by atoms with van der Waals surface area (Å²) >= 11 is 4.48. The molecule has 0 fully saturated rings. The van der Waals surface area contributed by atoms with Crippen molar-refractivity contribution in [2.45, 2.75) is 25.9 Å². The SMILES string of the molecule is Cc1nc(-c2cccc(NC(=O)CSc3nc(N)c4c(C)c(C)sc4n3)c2)cs1. The predicted molar refractivity (Wildman–Crippen MR) is 123 cm³/mol. The van der Waals surface area contributed by atoms with Crippen LogP contribution in [0.5, 0.6) is 0 Å². The molecule has 3 heterocycles. The van der Waals surface area contributed by atoms with Crippen molar-refractivity contribution in [2.75, 3.05) is 16.8 Å². The third-order valence-electron chi connectivity index (χ3n) is 4.43. The summed E-state index contributed by atoms with van der Waals surface area (Å²) in [5.74, 6) is 0.544. The molecule has 9 heteroatoms. The fourth-order valence-corrected chi connectivity index (χ4v) is 5.27. The van der Waals surface area contributed by atoms with Gasteiger partial charge in [-0.3, -0.25) is 4.79 Å². The van der Waals surface area contributed by atoms with Crippen molar-refractivity contribution in [1.29, 1.82) is 0 Å². The molecule has 0 spiro atoms. The summed E-state index contributed by atoms with van der Waals surface area (Å²) in [5, 5.41) is 7.37. The maximum Gasteiger partial charge on any atom is 0.234 e. The zero-order valence-electron chi connectivity index (χ0n) is 16.1. The van der Waals surface area contributed by atoms with Crippen LogP contribution in [0.4, 0.5) is 11.5 Å². The second-order valence-corrected chi connectivity index (χ2v) is 9.73. The lowest BCUT2D eigenvalue weighted by Gasteiger charge is -2.07. The van der Waals surface area contributed by atoms with Crippen LogP contribution < -0.4 is 11.1 Å². The first-order valence-electron chi connectivity index (χ1n) is 8.89. The highest BCUT2D eigenvalue weighted by Gasteiger charge is 2.14. The number of aromatic nitrogens is 3. The number of nitrogens with zero attached hydrogens (tertiary/aromatic N) is 3. The average Bonchev–Trinajstić information content (AvgIpc) is 3.24. The van der Waals surface area contributed by atoms with Gasteiger partial charge >= 0.3 is 0 Å². The van der Waals surface area contributed by atoms with Gasteiger partial charge in [-0.2, -0.15) is 0 Å². The quantitative estimate of drug-likeness (QED) is 0.332. The highest BCUT2D eigenvalue weighted by atomic mass is 32.2. The fraction of sp³-hybridized carbons (Fsp3) is 0.200. The number of nitrogen functional groups attached to an aromatic ring is 1. The van der Waals surface area contributed by atoms with Gasteiger partial charge in [-0.05, 0) is 38.5 Å². The van der Waals surface area contributed by atoms with Crippen molar-refractivity contribution in [3.63, 3.8) is 0 Å². The van der Waals surface area contributed by atoms with E-state index in [-0.39, 0.29) is 11.7 Å². The number of benzene rings is 1. The van der Waals surface area contributed by atoms with E-state index in [0.29, 0.717) is 11.0 Å². The smallest absolute Gasteiger partial charge is 0.234 e. The number of hydrogen-bond donors (Lipinski definition) is 2. The molecule has 4 aromatic rings. The van der Waals surface area contributed by atoms with E-state index in [4.69, 9.17) is 5.73 Å². The maximum absolute atomic E-state index is 12.4. The zero-order valence-corrected chi connectivity index (χ0v) is 18.6. The van der Waals surface area contributed by atoms with Crippen LogP contribution in [0, 0.1) is 20.8 Å². The van der Waals surface area contributed by atoms with Gasteiger partial charge in [0.05, 0.1) is 21.8 Å². The number of hydrogen-bond acceptors (Lipinski definition) is 8. The van der Waals surface area contributed by atoms with Crippen LogP contribution in [0.3, 0.4) is 0 Å². The van der Waals surface area contributed by atoms with Crippen molar-refractivity contribution in [3.05, 3.63) is 45.1 Å². The van der Waals surface area contributed by atoms with Crippen molar-refractivity contribution in [2.24, 2.45) is 0 Å². The molecule has 0 aliphatic carbocycles. The van der Waals surface area contributed by atoms with Gasteiger partial charge in [-0.15, -0.1) is 22.7 Å². The summed E-state index contributed by atoms with van der Waals surface area (Å²) in [6.07, 6.45) is 0. The number of rotatable bonds is 5. The van der Waals surface area contributed by atoms with Crippen LogP contribution >= 0.6 is 34.4 Å². The largest absolute Gasteiger partial charge is 0.383 e. The number of thioether (sulfide) groups is 1. The van der Waals surface area contributed by atoms with E-state index in [1.165, 1.54) is 16.6 Å². The van der Waals surface area contributed by atoms with Gasteiger partial charge < -0.3 is 11.1 Å². The van der Waals surface area contributed by atoms with Crippen LogP contribution in [0.15, 0.2) is 34.8 Å². The molecule has 6 nitrogen and oxygen atoms in total. The fourth-order valence-electron chi connectivity index (χ4n) is 2.90. The monoisotopic (exact) mass is 441 g/mol. The van der Waals surface area contributed by atoms with Crippen molar-refractivity contribution in [3.8, 4) is 11.3 Å². The van der Waals surface area contributed by atoms with Crippen molar-refractivity contribution < 1.29 is 4.79 Å². The summed E-state index contributed by atoms with van der Waals surface area (Å²) in [7, 11) is 0. The molecule has 3 N–H and O–H groups in total. The number of carbonyl (C=O) groups is 1. The summed E-state index contributed by atoms with van der Waals surface area (Å²) in [6, 6.07) is 7.68. The van der Waals surface area contributed by atoms with Gasteiger partial charge in [0.25, 0.3) is 0 Å². The average molecular weight is 442 g/mol. The van der Waals surface area contributed by atoms with E-state index in [9.17, 15) is 4.79 Å². The van der Waals surface area contributed by atoms with Gasteiger partial charge in [0.15, 0.2) is 5.16 Å². The molecule has 1 amide bonds. The first-order valence-corrected chi connectivity index (χ1v) is 11.6. The predicted octanol–water partition coefficient (Wildman–Crippen LogP) is 5.05. The molecule has 0 saturated heterocycles. The zero-order chi connectivity index (χ0) is 20.5. The van der Waals surface area contributed by atoms with E-state index >= 15 is 0 Å². The molecule has 1 aromatic carbocycles. The third-order valence-corrected chi connectivity index (χ3v) is 7.15. The van der Waals surface area contributed by atoms with Crippen LogP contribution in [0.2, 0.25) is 0 Å². The molecule has 0 unspecified atom stereocenters. The van der Waals surface area contributed by atoms with Crippen LogP contribution in [0.1, 0.15) is 15.4 Å². The Balaban J connectivity index is 1.44. The first kappa shape index (κ1) is 19.8. The number of thiazole rings is 1. The van der Waals surface area contributed by atoms with Gasteiger partial charge in [-0.25, -0.2) is 15.0 Å². The Morgan fingerprint density at radius 2 is 2.03 bits per heavy atom. The van der Waals surface area contributed by atoms with Crippen LogP contribution in [-0.2, 0) is 4.79 Å². The maximum atomic E-state index is 12.4. The molecular weight excluding hydrogens is 422 g/mol. The normalized spacial score (nSPS) is 11.1. The number of aryl methyl sites for hydroxylation is 3. The summed E-state index contributed by atoms with van der Waals surface area (Å²) in [5.41, 5.74) is 9.85.